The van der Waals surface area contributed by atoms with Crippen LogP contribution in [0, 0.1) is 0 Å². The Labute approximate surface area is 154 Å². The monoisotopic (exact) mass is 395 g/mol. The summed E-state index contributed by atoms with van der Waals surface area (Å²) in [5, 5.41) is 6.26. The highest BCUT2D eigenvalue weighted by atomic mass is 35.5. The van der Waals surface area contributed by atoms with E-state index in [9.17, 15) is 13.2 Å². The smallest absolute Gasteiger partial charge is 0.374 e. The minimum atomic E-state index is -3.74. The van der Waals surface area contributed by atoms with Crippen molar-refractivity contribution in [2.24, 2.45) is 5.14 Å². The lowest BCUT2D eigenvalue weighted by atomic mass is 10.2. The Bertz CT molecular complexity index is 1040. The zero-order valence-corrected chi connectivity index (χ0v) is 14.9. The predicted octanol–water partition coefficient (Wildman–Crippen LogP) is 2.97. The second-order valence-electron chi connectivity index (χ2n) is 5.29. The van der Waals surface area contributed by atoms with E-state index < -0.39 is 16.0 Å². The van der Waals surface area contributed by atoms with Crippen molar-refractivity contribution in [1.82, 2.24) is 0 Å². The van der Waals surface area contributed by atoms with Crippen molar-refractivity contribution in [2.45, 2.75) is 4.90 Å². The van der Waals surface area contributed by atoms with Crippen LogP contribution >= 0.6 is 11.6 Å². The molecule has 0 saturated heterocycles. The Balaban J connectivity index is 1.52. The van der Waals surface area contributed by atoms with Gasteiger partial charge >= 0.3 is 5.97 Å². The molecule has 0 saturated carbocycles. The van der Waals surface area contributed by atoms with E-state index >= 15 is 0 Å². The van der Waals surface area contributed by atoms with Crippen LogP contribution in [0.5, 0.6) is 5.75 Å². The average Bonchev–Trinajstić information content (AvgIpc) is 3.01. The van der Waals surface area contributed by atoms with E-state index in [0.29, 0.717) is 21.7 Å². The first kappa shape index (κ1) is 18.2. The molecule has 0 unspecified atom stereocenters. The lowest BCUT2D eigenvalue weighted by Gasteiger charge is -2.07. The molecule has 0 aliphatic rings. The number of sulfonamides is 1. The van der Waals surface area contributed by atoms with Crippen LogP contribution in [0.25, 0.3) is 11.0 Å². The number of carbonyl (C=O) groups excluding carboxylic acids is 1. The molecule has 0 spiro atoms. The number of rotatable bonds is 6. The van der Waals surface area contributed by atoms with Crippen molar-refractivity contribution in [3.05, 3.63) is 59.3 Å². The number of carbonyl (C=O) groups is 1. The van der Waals surface area contributed by atoms with Crippen LogP contribution < -0.4 is 9.88 Å². The number of benzene rings is 2. The molecule has 26 heavy (non-hydrogen) atoms. The quantitative estimate of drug-likeness (QED) is 0.507. The molecule has 2 aromatic carbocycles. The highest BCUT2D eigenvalue weighted by molar-refractivity contribution is 7.89. The molecule has 3 rings (SSSR count). The summed E-state index contributed by atoms with van der Waals surface area (Å²) in [6, 6.07) is 12.2. The molecule has 1 aromatic heterocycles. The molecule has 0 fully saturated rings. The van der Waals surface area contributed by atoms with E-state index in [1.54, 1.807) is 24.3 Å². The van der Waals surface area contributed by atoms with E-state index in [-0.39, 0.29) is 23.9 Å². The summed E-state index contributed by atoms with van der Waals surface area (Å²) in [5.41, 5.74) is 0.535. The van der Waals surface area contributed by atoms with E-state index in [1.165, 1.54) is 24.3 Å². The maximum atomic E-state index is 12.0. The van der Waals surface area contributed by atoms with Crippen LogP contribution in [-0.4, -0.2) is 27.6 Å². The Morgan fingerprint density at radius 2 is 1.81 bits per heavy atom. The van der Waals surface area contributed by atoms with Gasteiger partial charge in [0.25, 0.3) is 0 Å². The van der Waals surface area contributed by atoms with Gasteiger partial charge < -0.3 is 13.9 Å². The summed E-state index contributed by atoms with van der Waals surface area (Å²) < 4.78 is 38.2. The lowest BCUT2D eigenvalue weighted by Crippen LogP contribution is -2.13. The Morgan fingerprint density at radius 3 is 2.50 bits per heavy atom. The summed E-state index contributed by atoms with van der Waals surface area (Å²) >= 11 is 5.89. The van der Waals surface area contributed by atoms with Crippen molar-refractivity contribution < 1.29 is 27.1 Å². The van der Waals surface area contributed by atoms with Gasteiger partial charge in [-0.2, -0.15) is 0 Å². The van der Waals surface area contributed by atoms with Crippen molar-refractivity contribution in [1.29, 1.82) is 0 Å². The number of hydrogen-bond acceptors (Lipinski definition) is 6. The zero-order valence-electron chi connectivity index (χ0n) is 13.3. The third-order valence-corrected chi connectivity index (χ3v) is 4.58. The fraction of sp³-hybridized carbons (Fsp3) is 0.118. The van der Waals surface area contributed by atoms with Gasteiger partial charge in [-0.1, -0.05) is 11.6 Å². The second-order valence-corrected chi connectivity index (χ2v) is 7.29. The number of esters is 1. The minimum absolute atomic E-state index is 0.00638. The Morgan fingerprint density at radius 1 is 1.08 bits per heavy atom. The third kappa shape index (κ3) is 4.34. The normalized spacial score (nSPS) is 11.5. The first-order chi connectivity index (χ1) is 12.3. The molecule has 0 aliphatic heterocycles. The molecule has 7 nitrogen and oxygen atoms in total. The number of ether oxygens (including phenoxy) is 2. The van der Waals surface area contributed by atoms with E-state index in [0.717, 1.165) is 0 Å². The SMILES string of the molecule is NS(=O)(=O)c1ccc(OCCOC(=O)c2cc3cc(Cl)ccc3o2)cc1. The molecule has 1 heterocycles. The Kier molecular flexibility index (Phi) is 5.17. The van der Waals surface area contributed by atoms with Crippen molar-refractivity contribution in [3.8, 4) is 5.75 Å². The predicted molar refractivity (Wildman–Crippen MR) is 94.8 cm³/mol. The average molecular weight is 396 g/mol. The fourth-order valence-electron chi connectivity index (χ4n) is 2.21. The van der Waals surface area contributed by atoms with E-state index in [4.69, 9.17) is 30.6 Å². The highest BCUT2D eigenvalue weighted by Gasteiger charge is 2.14. The van der Waals surface area contributed by atoms with Crippen LogP contribution in [0.4, 0.5) is 0 Å². The summed E-state index contributed by atoms with van der Waals surface area (Å²) in [4.78, 5) is 12.0. The van der Waals surface area contributed by atoms with Crippen molar-refractivity contribution in [3.63, 3.8) is 0 Å². The highest BCUT2D eigenvalue weighted by Crippen LogP contribution is 2.23. The second kappa shape index (κ2) is 7.36. The lowest BCUT2D eigenvalue weighted by molar-refractivity contribution is 0.0417. The first-order valence-electron chi connectivity index (χ1n) is 7.45. The molecular formula is C17H14ClNO6S. The number of primary sulfonamides is 1. The molecule has 0 bridgehead atoms. The first-order valence-corrected chi connectivity index (χ1v) is 9.37. The van der Waals surface area contributed by atoms with Gasteiger partial charge in [0.05, 0.1) is 4.90 Å². The maximum absolute atomic E-state index is 12.0. The van der Waals surface area contributed by atoms with Gasteiger partial charge in [-0.3, -0.25) is 0 Å². The third-order valence-electron chi connectivity index (χ3n) is 3.42. The van der Waals surface area contributed by atoms with Gasteiger partial charge in [0.15, 0.2) is 0 Å². The van der Waals surface area contributed by atoms with Crippen LogP contribution in [0.2, 0.25) is 5.02 Å². The van der Waals surface area contributed by atoms with Gasteiger partial charge in [-0.15, -0.1) is 0 Å². The van der Waals surface area contributed by atoms with Crippen LogP contribution in [0.15, 0.2) is 57.8 Å². The van der Waals surface area contributed by atoms with Gasteiger partial charge in [-0.25, -0.2) is 18.4 Å². The molecule has 9 heteroatoms. The standard InChI is InChI=1S/C17H14ClNO6S/c18-12-1-6-15-11(9-12)10-16(25-15)17(20)24-8-7-23-13-2-4-14(5-3-13)26(19,21)22/h1-6,9-10H,7-8H2,(H2,19,21,22). The molecule has 0 amide bonds. The number of fused-ring (bicyclic) bond motifs is 1. The molecule has 0 aliphatic carbocycles. The topological polar surface area (TPSA) is 109 Å². The fourth-order valence-corrected chi connectivity index (χ4v) is 2.90. The van der Waals surface area contributed by atoms with E-state index in [2.05, 4.69) is 0 Å². The number of hydrogen-bond donors (Lipinski definition) is 1. The van der Waals surface area contributed by atoms with Crippen molar-refractivity contribution in [2.75, 3.05) is 13.2 Å². The van der Waals surface area contributed by atoms with Crippen LogP contribution in [-0.2, 0) is 14.8 Å². The number of furan rings is 1. The van der Waals surface area contributed by atoms with E-state index in [1.807, 2.05) is 0 Å². The summed E-state index contributed by atoms with van der Waals surface area (Å²) in [6.45, 7) is 0.0834. The van der Waals surface area contributed by atoms with Gasteiger partial charge in [-0.05, 0) is 48.5 Å². The minimum Gasteiger partial charge on any atom is -0.490 e. The maximum Gasteiger partial charge on any atom is 0.374 e. The molecule has 0 radical (unpaired) electrons. The molecular weight excluding hydrogens is 382 g/mol. The largest absolute Gasteiger partial charge is 0.490 e. The Hall–Kier alpha value is -2.55. The molecule has 2 N–H and O–H groups in total. The van der Waals surface area contributed by atoms with Crippen LogP contribution in [0.1, 0.15) is 10.6 Å². The molecule has 136 valence electrons. The summed E-state index contributed by atoms with van der Waals surface area (Å²) in [5.74, 6) is -0.128. The van der Waals surface area contributed by atoms with Gasteiger partial charge in [0.2, 0.25) is 15.8 Å². The van der Waals surface area contributed by atoms with Gasteiger partial charge in [0, 0.05) is 10.4 Å². The summed E-state index contributed by atoms with van der Waals surface area (Å²) in [7, 11) is -3.74. The number of nitrogens with two attached hydrogens (primary N) is 1. The zero-order chi connectivity index (χ0) is 18.7. The van der Waals surface area contributed by atoms with Gasteiger partial charge in [0.1, 0.15) is 24.5 Å². The summed E-state index contributed by atoms with van der Waals surface area (Å²) in [6.07, 6.45) is 0. The number of halogens is 1. The van der Waals surface area contributed by atoms with Crippen molar-refractivity contribution >= 4 is 38.6 Å². The van der Waals surface area contributed by atoms with Crippen LogP contribution in [0.3, 0.4) is 0 Å². The molecule has 3 aromatic rings. The molecule has 0 atom stereocenters.